The molecule has 0 N–H and O–H groups in total. The molecule has 0 fully saturated rings. The first kappa shape index (κ1) is 16.6. The molecule has 0 unspecified atom stereocenters. The van der Waals surface area contributed by atoms with Gasteiger partial charge in [-0.05, 0) is 23.6 Å². The van der Waals surface area contributed by atoms with E-state index < -0.39 is 0 Å². The van der Waals surface area contributed by atoms with Gasteiger partial charge < -0.3 is 9.47 Å². The van der Waals surface area contributed by atoms with Crippen LogP contribution in [0.15, 0.2) is 54.4 Å². The molecule has 0 aliphatic heterocycles. The first-order chi connectivity index (χ1) is 12.9. The first-order valence-electron chi connectivity index (χ1n) is 8.09. The highest BCUT2D eigenvalue weighted by atomic mass is 32.1. The van der Waals surface area contributed by atoms with Crippen LogP contribution in [-0.4, -0.2) is 40.5 Å². The molecule has 7 heteroatoms. The fourth-order valence-electron chi connectivity index (χ4n) is 2.71. The van der Waals surface area contributed by atoms with E-state index >= 15 is 0 Å². The van der Waals surface area contributed by atoms with Crippen molar-refractivity contribution in [2.24, 2.45) is 0 Å². The topological polar surface area (TPSA) is 70.0 Å². The van der Waals surface area contributed by atoms with Crippen LogP contribution in [0, 0.1) is 0 Å². The molecular weight excluding hydrogens is 348 g/mol. The van der Waals surface area contributed by atoms with E-state index in [2.05, 4.69) is 26.2 Å². The Kier molecular flexibility index (Phi) is 4.81. The zero-order chi connectivity index (χ0) is 17.8. The van der Waals surface area contributed by atoms with E-state index in [1.54, 1.807) is 30.8 Å². The summed E-state index contributed by atoms with van der Waals surface area (Å²) in [6.07, 6.45) is 4.99. The Labute approximate surface area is 154 Å². The van der Waals surface area contributed by atoms with Crippen LogP contribution in [0.1, 0.15) is 0 Å². The standard InChI is InChI=1S/C19H16N4O2S/c1-24-7-8-25-16-5-3-2-4-14(16)18-19-15(6-9-26-19)17(22-23-18)13-10-20-12-21-11-13/h2-6,9-12H,7-8H2,1H3. The van der Waals surface area contributed by atoms with Crippen molar-refractivity contribution in [3.05, 3.63) is 54.4 Å². The number of aromatic nitrogens is 4. The van der Waals surface area contributed by atoms with Gasteiger partial charge in [-0.1, -0.05) is 12.1 Å². The number of rotatable bonds is 6. The van der Waals surface area contributed by atoms with Gasteiger partial charge in [0.25, 0.3) is 0 Å². The molecule has 0 radical (unpaired) electrons. The Morgan fingerprint density at radius 1 is 0.962 bits per heavy atom. The van der Waals surface area contributed by atoms with E-state index in [0.717, 1.165) is 38.4 Å². The van der Waals surface area contributed by atoms with Gasteiger partial charge in [0.2, 0.25) is 0 Å². The van der Waals surface area contributed by atoms with Crippen LogP contribution in [0.2, 0.25) is 0 Å². The van der Waals surface area contributed by atoms with Crippen molar-refractivity contribution < 1.29 is 9.47 Å². The van der Waals surface area contributed by atoms with Crippen LogP contribution in [0.3, 0.4) is 0 Å². The highest BCUT2D eigenvalue weighted by Crippen LogP contribution is 2.38. The first-order valence-corrected chi connectivity index (χ1v) is 8.97. The molecule has 4 aromatic rings. The van der Waals surface area contributed by atoms with Gasteiger partial charge in [-0.2, -0.15) is 0 Å². The third kappa shape index (κ3) is 3.14. The van der Waals surface area contributed by atoms with Crippen molar-refractivity contribution in [1.82, 2.24) is 20.2 Å². The van der Waals surface area contributed by atoms with Crippen molar-refractivity contribution >= 4 is 21.4 Å². The lowest BCUT2D eigenvalue weighted by atomic mass is 10.1. The predicted molar refractivity (Wildman–Crippen MR) is 101 cm³/mol. The molecule has 0 saturated heterocycles. The second kappa shape index (κ2) is 7.55. The Balaban J connectivity index is 1.81. The van der Waals surface area contributed by atoms with Crippen LogP contribution >= 0.6 is 11.3 Å². The highest BCUT2D eigenvalue weighted by Gasteiger charge is 2.16. The minimum atomic E-state index is 0.480. The molecule has 0 amide bonds. The van der Waals surface area contributed by atoms with E-state index in [4.69, 9.17) is 9.47 Å². The molecule has 26 heavy (non-hydrogen) atoms. The molecule has 0 atom stereocenters. The number of ether oxygens (including phenoxy) is 2. The largest absolute Gasteiger partial charge is 0.490 e. The quantitative estimate of drug-likeness (QED) is 0.484. The maximum absolute atomic E-state index is 5.86. The van der Waals surface area contributed by atoms with Crippen molar-refractivity contribution in [2.75, 3.05) is 20.3 Å². The number of fused-ring (bicyclic) bond motifs is 1. The zero-order valence-electron chi connectivity index (χ0n) is 14.1. The molecule has 3 aromatic heterocycles. The lowest BCUT2D eigenvalue weighted by Crippen LogP contribution is -2.05. The summed E-state index contributed by atoms with van der Waals surface area (Å²) >= 11 is 1.63. The van der Waals surface area contributed by atoms with Gasteiger partial charge in [0.05, 0.1) is 11.3 Å². The van der Waals surface area contributed by atoms with E-state index in [0.29, 0.717) is 13.2 Å². The van der Waals surface area contributed by atoms with Crippen LogP contribution in [-0.2, 0) is 4.74 Å². The summed E-state index contributed by atoms with van der Waals surface area (Å²) in [6.45, 7) is 1.01. The monoisotopic (exact) mass is 364 g/mol. The fourth-order valence-corrected chi connectivity index (χ4v) is 3.61. The number of thiophene rings is 1. The molecule has 4 rings (SSSR count). The number of benzene rings is 1. The summed E-state index contributed by atoms with van der Waals surface area (Å²) in [5, 5.41) is 12.0. The lowest BCUT2D eigenvalue weighted by molar-refractivity contribution is 0.146. The summed E-state index contributed by atoms with van der Waals surface area (Å²) in [7, 11) is 1.65. The van der Waals surface area contributed by atoms with Gasteiger partial charge in [0, 0.05) is 36.0 Å². The molecular formula is C19H16N4O2S. The second-order valence-electron chi connectivity index (χ2n) is 5.53. The van der Waals surface area contributed by atoms with Gasteiger partial charge in [0.15, 0.2) is 0 Å². The van der Waals surface area contributed by atoms with Crippen molar-refractivity contribution in [3.63, 3.8) is 0 Å². The summed E-state index contributed by atoms with van der Waals surface area (Å²) in [6, 6.07) is 9.90. The molecule has 6 nitrogen and oxygen atoms in total. The van der Waals surface area contributed by atoms with Crippen molar-refractivity contribution in [1.29, 1.82) is 0 Å². The van der Waals surface area contributed by atoms with Crippen LogP contribution in [0.25, 0.3) is 32.6 Å². The Morgan fingerprint density at radius 3 is 2.62 bits per heavy atom. The fraction of sp³-hybridized carbons (Fsp3) is 0.158. The van der Waals surface area contributed by atoms with E-state index in [1.807, 2.05) is 29.6 Å². The Morgan fingerprint density at radius 2 is 1.77 bits per heavy atom. The minimum absolute atomic E-state index is 0.480. The van der Waals surface area contributed by atoms with Crippen LogP contribution < -0.4 is 4.74 Å². The Bertz CT molecular complexity index is 1020. The van der Waals surface area contributed by atoms with E-state index in [1.165, 1.54) is 6.33 Å². The lowest BCUT2D eigenvalue weighted by Gasteiger charge is -2.12. The van der Waals surface area contributed by atoms with Crippen LogP contribution in [0.4, 0.5) is 0 Å². The molecule has 0 saturated carbocycles. The van der Waals surface area contributed by atoms with Gasteiger partial charge in [0.1, 0.15) is 30.1 Å². The van der Waals surface area contributed by atoms with Gasteiger partial charge in [-0.15, -0.1) is 21.5 Å². The van der Waals surface area contributed by atoms with Gasteiger partial charge in [-0.3, -0.25) is 0 Å². The molecule has 0 aliphatic rings. The average molecular weight is 364 g/mol. The Hall–Kier alpha value is -2.90. The molecule has 0 spiro atoms. The SMILES string of the molecule is COCCOc1ccccc1-c1nnc(-c2cncnc2)c2ccsc12. The molecule has 0 aliphatic carbocycles. The predicted octanol–water partition coefficient (Wildman–Crippen LogP) is 3.84. The average Bonchev–Trinajstić information content (AvgIpc) is 3.19. The third-order valence-electron chi connectivity index (χ3n) is 3.91. The molecule has 3 heterocycles. The normalized spacial score (nSPS) is 11.0. The maximum atomic E-state index is 5.86. The number of para-hydroxylation sites is 1. The number of hydrogen-bond acceptors (Lipinski definition) is 7. The van der Waals surface area contributed by atoms with Crippen molar-refractivity contribution in [3.8, 4) is 28.3 Å². The molecule has 1 aromatic carbocycles. The summed E-state index contributed by atoms with van der Waals surface area (Å²) in [5.74, 6) is 0.768. The summed E-state index contributed by atoms with van der Waals surface area (Å²) < 4.78 is 12.0. The smallest absolute Gasteiger partial charge is 0.128 e. The number of methoxy groups -OCH3 is 1. The second-order valence-corrected chi connectivity index (χ2v) is 6.44. The number of hydrogen-bond donors (Lipinski definition) is 0. The summed E-state index contributed by atoms with van der Waals surface area (Å²) in [4.78, 5) is 8.16. The van der Waals surface area contributed by atoms with Crippen LogP contribution in [0.5, 0.6) is 5.75 Å². The van der Waals surface area contributed by atoms with E-state index in [-0.39, 0.29) is 0 Å². The minimum Gasteiger partial charge on any atom is -0.490 e. The van der Waals surface area contributed by atoms with Gasteiger partial charge in [-0.25, -0.2) is 9.97 Å². The van der Waals surface area contributed by atoms with Gasteiger partial charge >= 0.3 is 0 Å². The molecule has 0 bridgehead atoms. The van der Waals surface area contributed by atoms with E-state index in [9.17, 15) is 0 Å². The highest BCUT2D eigenvalue weighted by molar-refractivity contribution is 7.17. The van der Waals surface area contributed by atoms with Crippen molar-refractivity contribution in [2.45, 2.75) is 0 Å². The molecule has 130 valence electrons. The number of nitrogens with zero attached hydrogens (tertiary/aromatic N) is 4. The maximum Gasteiger partial charge on any atom is 0.128 e. The summed E-state index contributed by atoms with van der Waals surface area (Å²) in [5.41, 5.74) is 3.35. The third-order valence-corrected chi connectivity index (χ3v) is 4.83. The zero-order valence-corrected chi connectivity index (χ0v) is 14.9.